The molecule has 4 heteroatoms. The Hall–Kier alpha value is -3.14. The molecule has 0 saturated carbocycles. The van der Waals surface area contributed by atoms with Crippen molar-refractivity contribution < 1.29 is 13.9 Å². The minimum absolute atomic E-state index is 0.0766. The topological polar surface area (TPSA) is 38.3 Å². The van der Waals surface area contributed by atoms with Crippen molar-refractivity contribution in [1.29, 1.82) is 0 Å². The summed E-state index contributed by atoms with van der Waals surface area (Å²) in [6.07, 6.45) is 0.919. The molecule has 0 radical (unpaired) electrons. The standard InChI is InChI=1S/C22H20FNO2/c23-19-9-6-17(7-10-19)8-15-22(25)24-20-11-13-21(14-12-20)26-16-18-4-2-1-3-5-18/h1-7,9-14H,8,15-16H2,(H,24,25). The summed E-state index contributed by atoms with van der Waals surface area (Å²) in [6, 6.07) is 23.4. The van der Waals surface area contributed by atoms with E-state index in [1.807, 2.05) is 54.6 Å². The van der Waals surface area contributed by atoms with Gasteiger partial charge in [-0.05, 0) is 53.9 Å². The van der Waals surface area contributed by atoms with Crippen LogP contribution in [0.25, 0.3) is 0 Å². The van der Waals surface area contributed by atoms with Crippen molar-refractivity contribution in [2.24, 2.45) is 0 Å². The molecule has 3 aromatic rings. The summed E-state index contributed by atoms with van der Waals surface area (Å²) in [6.45, 7) is 0.504. The van der Waals surface area contributed by atoms with Gasteiger partial charge in [0.1, 0.15) is 18.2 Å². The molecule has 3 rings (SSSR count). The number of aryl methyl sites for hydroxylation is 1. The number of carbonyl (C=O) groups is 1. The van der Waals surface area contributed by atoms with Crippen molar-refractivity contribution >= 4 is 11.6 Å². The number of ether oxygens (including phenoxy) is 1. The first kappa shape index (κ1) is 17.7. The van der Waals surface area contributed by atoms with Crippen LogP contribution >= 0.6 is 0 Å². The lowest BCUT2D eigenvalue weighted by Crippen LogP contribution is -2.12. The van der Waals surface area contributed by atoms with Gasteiger partial charge in [-0.1, -0.05) is 42.5 Å². The summed E-state index contributed by atoms with van der Waals surface area (Å²) in [5.74, 6) is 0.401. The highest BCUT2D eigenvalue weighted by molar-refractivity contribution is 5.90. The van der Waals surface area contributed by atoms with E-state index in [0.717, 1.165) is 22.6 Å². The Morgan fingerprint density at radius 3 is 2.23 bits per heavy atom. The summed E-state index contributed by atoms with van der Waals surface area (Å²) in [5, 5.41) is 2.86. The summed E-state index contributed by atoms with van der Waals surface area (Å²) in [7, 11) is 0. The van der Waals surface area contributed by atoms with Crippen molar-refractivity contribution in [2.75, 3.05) is 5.32 Å². The van der Waals surface area contributed by atoms with Gasteiger partial charge >= 0.3 is 0 Å². The maximum absolute atomic E-state index is 12.9. The van der Waals surface area contributed by atoms with Crippen molar-refractivity contribution in [3.8, 4) is 5.75 Å². The SMILES string of the molecule is O=C(CCc1ccc(F)cc1)Nc1ccc(OCc2ccccc2)cc1. The zero-order chi connectivity index (χ0) is 18.2. The van der Waals surface area contributed by atoms with Crippen LogP contribution < -0.4 is 10.1 Å². The monoisotopic (exact) mass is 349 g/mol. The van der Waals surface area contributed by atoms with E-state index < -0.39 is 0 Å². The van der Waals surface area contributed by atoms with E-state index in [-0.39, 0.29) is 11.7 Å². The number of anilines is 1. The lowest BCUT2D eigenvalue weighted by atomic mass is 10.1. The summed E-state index contributed by atoms with van der Waals surface area (Å²) >= 11 is 0. The molecular weight excluding hydrogens is 329 g/mol. The predicted molar refractivity (Wildman–Crippen MR) is 101 cm³/mol. The third-order valence-corrected chi connectivity index (χ3v) is 3.94. The molecule has 0 saturated heterocycles. The Labute approximate surface area is 152 Å². The van der Waals surface area contributed by atoms with Crippen LogP contribution in [0.1, 0.15) is 17.5 Å². The molecule has 0 atom stereocenters. The van der Waals surface area contributed by atoms with Crippen LogP contribution in [-0.2, 0) is 17.8 Å². The van der Waals surface area contributed by atoms with Crippen molar-refractivity contribution in [3.05, 3.63) is 95.8 Å². The van der Waals surface area contributed by atoms with Crippen molar-refractivity contribution in [3.63, 3.8) is 0 Å². The molecule has 0 aliphatic rings. The fourth-order valence-electron chi connectivity index (χ4n) is 2.51. The largest absolute Gasteiger partial charge is 0.489 e. The quantitative estimate of drug-likeness (QED) is 0.653. The normalized spacial score (nSPS) is 10.3. The maximum atomic E-state index is 12.9. The molecule has 1 amide bonds. The number of carbonyl (C=O) groups excluding carboxylic acids is 1. The maximum Gasteiger partial charge on any atom is 0.224 e. The minimum Gasteiger partial charge on any atom is -0.489 e. The molecule has 0 heterocycles. The molecule has 0 aliphatic carbocycles. The van der Waals surface area contributed by atoms with Gasteiger partial charge < -0.3 is 10.1 Å². The lowest BCUT2D eigenvalue weighted by Gasteiger charge is -2.09. The Morgan fingerprint density at radius 2 is 1.54 bits per heavy atom. The van der Waals surface area contributed by atoms with Crippen molar-refractivity contribution in [1.82, 2.24) is 0 Å². The number of hydrogen-bond donors (Lipinski definition) is 1. The second-order valence-corrected chi connectivity index (χ2v) is 5.97. The Morgan fingerprint density at radius 1 is 0.846 bits per heavy atom. The zero-order valence-corrected chi connectivity index (χ0v) is 14.3. The molecule has 3 aromatic carbocycles. The fourth-order valence-corrected chi connectivity index (χ4v) is 2.51. The molecule has 0 bridgehead atoms. The number of benzene rings is 3. The Bertz CT molecular complexity index is 830. The third kappa shape index (κ3) is 5.45. The van der Waals surface area contributed by atoms with E-state index in [2.05, 4.69) is 5.32 Å². The average molecular weight is 349 g/mol. The lowest BCUT2D eigenvalue weighted by molar-refractivity contribution is -0.116. The molecule has 1 N–H and O–H groups in total. The Kier molecular flexibility index (Phi) is 5.99. The number of hydrogen-bond acceptors (Lipinski definition) is 2. The molecule has 0 spiro atoms. The van der Waals surface area contributed by atoms with Crippen LogP contribution in [0.5, 0.6) is 5.75 Å². The first-order valence-electron chi connectivity index (χ1n) is 8.50. The second-order valence-electron chi connectivity index (χ2n) is 5.97. The molecular formula is C22H20FNO2. The average Bonchev–Trinajstić information content (AvgIpc) is 2.68. The van der Waals surface area contributed by atoms with Gasteiger partial charge in [0.2, 0.25) is 5.91 Å². The van der Waals surface area contributed by atoms with Gasteiger partial charge in [0.05, 0.1) is 0 Å². The van der Waals surface area contributed by atoms with Crippen LogP contribution in [0.4, 0.5) is 10.1 Å². The molecule has 0 fully saturated rings. The van der Waals surface area contributed by atoms with Gasteiger partial charge in [-0.2, -0.15) is 0 Å². The highest BCUT2D eigenvalue weighted by atomic mass is 19.1. The summed E-state index contributed by atoms with van der Waals surface area (Å²) < 4.78 is 18.6. The van der Waals surface area contributed by atoms with E-state index in [1.165, 1.54) is 12.1 Å². The van der Waals surface area contributed by atoms with E-state index in [0.29, 0.717) is 19.4 Å². The molecule has 0 aromatic heterocycles. The molecule has 3 nitrogen and oxygen atoms in total. The molecule has 0 unspecified atom stereocenters. The van der Waals surface area contributed by atoms with Gasteiger partial charge in [0.15, 0.2) is 0 Å². The van der Waals surface area contributed by atoms with Crippen LogP contribution in [0, 0.1) is 5.82 Å². The number of halogens is 1. The fraction of sp³-hybridized carbons (Fsp3) is 0.136. The smallest absolute Gasteiger partial charge is 0.224 e. The highest BCUT2D eigenvalue weighted by Gasteiger charge is 2.04. The molecule has 26 heavy (non-hydrogen) atoms. The van der Waals surface area contributed by atoms with Gasteiger partial charge in [-0.25, -0.2) is 4.39 Å². The van der Waals surface area contributed by atoms with Crippen molar-refractivity contribution in [2.45, 2.75) is 19.4 Å². The van der Waals surface area contributed by atoms with Crippen LogP contribution in [-0.4, -0.2) is 5.91 Å². The first-order chi connectivity index (χ1) is 12.7. The molecule has 132 valence electrons. The third-order valence-electron chi connectivity index (χ3n) is 3.94. The van der Waals surface area contributed by atoms with Gasteiger partial charge in [-0.3, -0.25) is 4.79 Å². The zero-order valence-electron chi connectivity index (χ0n) is 14.3. The number of rotatable bonds is 7. The van der Waals surface area contributed by atoms with Gasteiger partial charge in [0.25, 0.3) is 0 Å². The minimum atomic E-state index is -0.271. The van der Waals surface area contributed by atoms with Gasteiger partial charge in [0, 0.05) is 12.1 Å². The highest BCUT2D eigenvalue weighted by Crippen LogP contribution is 2.17. The summed E-state index contributed by atoms with van der Waals surface area (Å²) in [5.41, 5.74) is 2.76. The second kappa shape index (κ2) is 8.81. The van der Waals surface area contributed by atoms with E-state index in [9.17, 15) is 9.18 Å². The molecule has 0 aliphatic heterocycles. The van der Waals surface area contributed by atoms with E-state index >= 15 is 0 Å². The van der Waals surface area contributed by atoms with Gasteiger partial charge in [-0.15, -0.1) is 0 Å². The van der Waals surface area contributed by atoms with E-state index in [1.54, 1.807) is 12.1 Å². The van der Waals surface area contributed by atoms with E-state index in [4.69, 9.17) is 4.74 Å². The predicted octanol–water partition coefficient (Wildman–Crippen LogP) is 4.98. The number of nitrogens with one attached hydrogen (secondary N) is 1. The first-order valence-corrected chi connectivity index (χ1v) is 8.50. The van der Waals surface area contributed by atoms with Crippen LogP contribution in [0.2, 0.25) is 0 Å². The van der Waals surface area contributed by atoms with Crippen LogP contribution in [0.3, 0.4) is 0 Å². The summed E-state index contributed by atoms with van der Waals surface area (Å²) in [4.78, 5) is 12.0. The van der Waals surface area contributed by atoms with Crippen LogP contribution in [0.15, 0.2) is 78.9 Å². The Balaban J connectivity index is 1.45. The number of amides is 1.